The molecule has 1 aromatic carbocycles. The molecule has 0 radical (unpaired) electrons. The highest BCUT2D eigenvalue weighted by Gasteiger charge is 2.23. The van der Waals surface area contributed by atoms with Gasteiger partial charge in [0.1, 0.15) is 11.4 Å². The van der Waals surface area contributed by atoms with Crippen LogP contribution in [0.3, 0.4) is 0 Å². The third-order valence-corrected chi connectivity index (χ3v) is 2.32. The minimum Gasteiger partial charge on any atom is -0.450 e. The molecule has 0 aliphatic carbocycles. The number of rotatable bonds is 4. The molecule has 0 aliphatic rings. The number of hydrogen-bond donors (Lipinski definition) is 2. The molecule has 0 aromatic heterocycles. The normalized spacial score (nSPS) is 13.9. The average Bonchev–Trinajstić information content (AvgIpc) is 2.28. The Bertz CT molecular complexity index is 376. The van der Waals surface area contributed by atoms with Crippen LogP contribution in [0.1, 0.15) is 19.4 Å². The summed E-state index contributed by atoms with van der Waals surface area (Å²) in [6.45, 7) is 3.49. The number of hydrogen-bond acceptors (Lipinski definition) is 3. The number of nitrogens with one attached hydrogen (secondary N) is 1. The molecule has 1 aromatic rings. The molecule has 5 heteroatoms. The Morgan fingerprint density at radius 3 is 2.59 bits per heavy atom. The van der Waals surface area contributed by atoms with Crippen molar-refractivity contribution < 1.29 is 19.0 Å². The smallest absolute Gasteiger partial charge is 0.407 e. The quantitative estimate of drug-likeness (QED) is 0.844. The van der Waals surface area contributed by atoms with Crippen molar-refractivity contribution >= 4 is 6.09 Å². The number of aliphatic hydroxyl groups is 1. The Hall–Kier alpha value is -1.62. The van der Waals surface area contributed by atoms with Gasteiger partial charge in [0.2, 0.25) is 0 Å². The van der Waals surface area contributed by atoms with Crippen LogP contribution in [0, 0.1) is 5.82 Å². The van der Waals surface area contributed by atoms with Crippen molar-refractivity contribution in [2.75, 3.05) is 13.2 Å². The fraction of sp³-hybridized carbons (Fsp3) is 0.417. The van der Waals surface area contributed by atoms with Crippen molar-refractivity contribution in [3.63, 3.8) is 0 Å². The molecule has 1 rings (SSSR count). The Balaban J connectivity index is 2.61. The van der Waals surface area contributed by atoms with Crippen molar-refractivity contribution in [3.05, 3.63) is 35.6 Å². The summed E-state index contributed by atoms with van der Waals surface area (Å²) in [4.78, 5) is 11.1. The van der Waals surface area contributed by atoms with E-state index in [1.165, 1.54) is 31.2 Å². The van der Waals surface area contributed by atoms with E-state index in [1.54, 1.807) is 6.92 Å². The third kappa shape index (κ3) is 4.03. The summed E-state index contributed by atoms with van der Waals surface area (Å²) < 4.78 is 17.4. The van der Waals surface area contributed by atoms with Gasteiger partial charge in [-0.1, -0.05) is 12.1 Å². The van der Waals surface area contributed by atoms with Crippen molar-refractivity contribution in [3.8, 4) is 0 Å². The van der Waals surface area contributed by atoms with Crippen molar-refractivity contribution in [2.24, 2.45) is 0 Å². The van der Waals surface area contributed by atoms with Gasteiger partial charge in [0, 0.05) is 0 Å². The van der Waals surface area contributed by atoms with Crippen molar-refractivity contribution in [1.82, 2.24) is 5.32 Å². The first-order valence-corrected chi connectivity index (χ1v) is 5.35. The van der Waals surface area contributed by atoms with Gasteiger partial charge in [-0.2, -0.15) is 0 Å². The zero-order valence-corrected chi connectivity index (χ0v) is 9.87. The number of carbonyl (C=O) groups is 1. The fourth-order valence-corrected chi connectivity index (χ4v) is 1.34. The molecule has 0 saturated heterocycles. The van der Waals surface area contributed by atoms with Crippen LogP contribution in [0.4, 0.5) is 9.18 Å². The second kappa shape index (κ2) is 5.63. The van der Waals surface area contributed by atoms with Crippen molar-refractivity contribution in [1.29, 1.82) is 0 Å². The molecule has 0 spiro atoms. The number of halogens is 1. The molecule has 0 bridgehead atoms. The maximum atomic E-state index is 12.7. The molecule has 2 N–H and O–H groups in total. The van der Waals surface area contributed by atoms with Crippen LogP contribution >= 0.6 is 0 Å². The average molecular weight is 241 g/mol. The van der Waals surface area contributed by atoms with E-state index in [1.807, 2.05) is 0 Å². The zero-order chi connectivity index (χ0) is 12.9. The highest BCUT2D eigenvalue weighted by molar-refractivity contribution is 5.67. The van der Waals surface area contributed by atoms with E-state index in [-0.39, 0.29) is 19.0 Å². The first-order valence-electron chi connectivity index (χ1n) is 5.35. The number of carbonyl (C=O) groups excluding carboxylic acids is 1. The van der Waals surface area contributed by atoms with Crippen molar-refractivity contribution in [2.45, 2.75) is 19.4 Å². The Labute approximate surface area is 99.4 Å². The fourth-order valence-electron chi connectivity index (χ4n) is 1.34. The summed E-state index contributed by atoms with van der Waals surface area (Å²) in [5.74, 6) is -0.372. The van der Waals surface area contributed by atoms with Crippen LogP contribution < -0.4 is 5.32 Å². The summed E-state index contributed by atoms with van der Waals surface area (Å²) in [7, 11) is 0. The van der Waals surface area contributed by atoms with Gasteiger partial charge in [0.15, 0.2) is 0 Å². The zero-order valence-electron chi connectivity index (χ0n) is 9.87. The number of benzene rings is 1. The summed E-state index contributed by atoms with van der Waals surface area (Å²) in [5.41, 5.74) is -0.740. The van der Waals surface area contributed by atoms with Crippen LogP contribution in [0.25, 0.3) is 0 Å². The molecule has 0 fully saturated rings. The van der Waals surface area contributed by atoms with Gasteiger partial charge in [-0.25, -0.2) is 9.18 Å². The lowest BCUT2D eigenvalue weighted by atomic mass is 9.96. The molecule has 94 valence electrons. The molecule has 0 heterocycles. The molecular weight excluding hydrogens is 225 g/mol. The van der Waals surface area contributed by atoms with Crippen LogP contribution in [0.5, 0.6) is 0 Å². The second-order valence-corrected chi connectivity index (χ2v) is 3.85. The number of alkyl carbamates (subject to hydrolysis) is 1. The van der Waals surface area contributed by atoms with Crippen LogP contribution in [-0.2, 0) is 10.3 Å². The summed E-state index contributed by atoms with van der Waals surface area (Å²) in [6.07, 6.45) is -0.588. The van der Waals surface area contributed by atoms with Gasteiger partial charge in [-0.05, 0) is 31.5 Å². The lowest BCUT2D eigenvalue weighted by Crippen LogP contribution is -2.38. The standard InChI is InChI=1S/C12H16FNO3/c1-3-17-11(15)14-8-12(2,16)9-4-6-10(13)7-5-9/h4-7,16H,3,8H2,1-2H3,(H,14,15). The second-order valence-electron chi connectivity index (χ2n) is 3.85. The summed E-state index contributed by atoms with van der Waals surface area (Å²) in [5, 5.41) is 12.5. The van der Waals surface area contributed by atoms with Crippen LogP contribution in [0.15, 0.2) is 24.3 Å². The van der Waals surface area contributed by atoms with Crippen LogP contribution in [-0.4, -0.2) is 24.4 Å². The molecule has 1 amide bonds. The molecular formula is C12H16FNO3. The monoisotopic (exact) mass is 241 g/mol. The van der Waals surface area contributed by atoms with Gasteiger partial charge >= 0.3 is 6.09 Å². The minimum absolute atomic E-state index is 0.00251. The SMILES string of the molecule is CCOC(=O)NCC(C)(O)c1ccc(F)cc1. The molecule has 1 atom stereocenters. The first kappa shape index (κ1) is 13.4. The predicted octanol–water partition coefficient (Wildman–Crippen LogP) is 1.78. The molecule has 4 nitrogen and oxygen atoms in total. The predicted molar refractivity (Wildman–Crippen MR) is 61.0 cm³/mol. The molecule has 0 aliphatic heterocycles. The largest absolute Gasteiger partial charge is 0.450 e. The van der Waals surface area contributed by atoms with Gasteiger partial charge in [0.25, 0.3) is 0 Å². The minimum atomic E-state index is -1.26. The Morgan fingerprint density at radius 1 is 1.47 bits per heavy atom. The summed E-state index contributed by atoms with van der Waals surface area (Å²) in [6, 6.07) is 5.46. The highest BCUT2D eigenvalue weighted by Crippen LogP contribution is 2.19. The highest BCUT2D eigenvalue weighted by atomic mass is 19.1. The van der Waals surface area contributed by atoms with Gasteiger partial charge < -0.3 is 15.2 Å². The number of amides is 1. The van der Waals surface area contributed by atoms with E-state index in [4.69, 9.17) is 0 Å². The maximum Gasteiger partial charge on any atom is 0.407 e. The lowest BCUT2D eigenvalue weighted by Gasteiger charge is -2.23. The Kier molecular flexibility index (Phi) is 4.45. The topological polar surface area (TPSA) is 58.6 Å². The van der Waals surface area contributed by atoms with E-state index in [0.717, 1.165) is 0 Å². The maximum absolute atomic E-state index is 12.7. The molecule has 17 heavy (non-hydrogen) atoms. The van der Waals surface area contributed by atoms with Gasteiger partial charge in [-0.3, -0.25) is 0 Å². The summed E-state index contributed by atoms with van der Waals surface area (Å²) >= 11 is 0. The van der Waals surface area contributed by atoms with E-state index >= 15 is 0 Å². The van der Waals surface area contributed by atoms with E-state index in [0.29, 0.717) is 5.56 Å². The van der Waals surface area contributed by atoms with E-state index in [2.05, 4.69) is 10.1 Å². The van der Waals surface area contributed by atoms with Gasteiger partial charge in [0.05, 0.1) is 13.2 Å². The molecule has 1 unspecified atom stereocenters. The molecule has 0 saturated carbocycles. The third-order valence-electron chi connectivity index (χ3n) is 2.32. The number of ether oxygens (including phenoxy) is 1. The van der Waals surface area contributed by atoms with Crippen LogP contribution in [0.2, 0.25) is 0 Å². The van der Waals surface area contributed by atoms with E-state index < -0.39 is 11.7 Å². The lowest BCUT2D eigenvalue weighted by molar-refractivity contribution is 0.0539. The first-order chi connectivity index (χ1) is 7.95. The Morgan fingerprint density at radius 2 is 2.06 bits per heavy atom. The van der Waals surface area contributed by atoms with Gasteiger partial charge in [-0.15, -0.1) is 0 Å². The van der Waals surface area contributed by atoms with E-state index in [9.17, 15) is 14.3 Å².